The van der Waals surface area contributed by atoms with Crippen LogP contribution in [0.2, 0.25) is 10.0 Å². The van der Waals surface area contributed by atoms with Gasteiger partial charge in [-0.2, -0.15) is 10.2 Å². The fourth-order valence-corrected chi connectivity index (χ4v) is 3.44. The smallest absolute Gasteiger partial charge is 0.229 e. The number of aryl methyl sites for hydroxylation is 1. The quantitative estimate of drug-likeness (QED) is 0.506. The van der Waals surface area contributed by atoms with E-state index < -0.39 is 0 Å². The maximum atomic E-state index is 12.8. The molecule has 0 saturated heterocycles. The number of hydrogen-bond donors (Lipinski definition) is 1. The predicted molar refractivity (Wildman–Crippen MR) is 115 cm³/mol. The van der Waals surface area contributed by atoms with Gasteiger partial charge in [0.15, 0.2) is 5.82 Å². The Morgan fingerprint density at radius 1 is 1.17 bits per heavy atom. The van der Waals surface area contributed by atoms with Crippen molar-refractivity contribution < 1.29 is 4.79 Å². The molecule has 0 saturated carbocycles. The number of halogens is 2. The average Bonchev–Trinajstić information content (AvgIpc) is 3.35. The second-order valence-corrected chi connectivity index (χ2v) is 7.41. The van der Waals surface area contributed by atoms with Gasteiger partial charge < -0.3 is 5.32 Å². The minimum atomic E-state index is -0.191. The Kier molecular flexibility index (Phi) is 5.52. The van der Waals surface area contributed by atoms with Crippen LogP contribution in [0.1, 0.15) is 17.0 Å². The molecule has 1 aromatic carbocycles. The van der Waals surface area contributed by atoms with Crippen molar-refractivity contribution in [2.24, 2.45) is 0 Å². The number of anilines is 1. The van der Waals surface area contributed by atoms with Crippen molar-refractivity contribution in [2.75, 3.05) is 5.32 Å². The number of hydrogen-bond acceptors (Lipinski definition) is 5. The van der Waals surface area contributed by atoms with Gasteiger partial charge in [-0.15, -0.1) is 0 Å². The minimum Gasteiger partial charge on any atom is -0.323 e. The highest BCUT2D eigenvalue weighted by atomic mass is 35.5. The van der Waals surface area contributed by atoms with E-state index in [1.165, 1.54) is 17.3 Å². The number of carbonyl (C=O) groups is 1. The first-order valence-corrected chi connectivity index (χ1v) is 9.80. The number of carbonyl (C=O) groups excluding carboxylic acids is 1. The first kappa shape index (κ1) is 20.1. The number of amides is 1. The Labute approximate surface area is 182 Å². The molecule has 10 heteroatoms. The van der Waals surface area contributed by atoms with E-state index in [0.29, 0.717) is 21.6 Å². The molecule has 4 rings (SSSR count). The topological polar surface area (TPSA) is 90.5 Å². The molecule has 3 aromatic heterocycles. The van der Waals surface area contributed by atoms with Crippen LogP contribution in [-0.2, 0) is 11.2 Å². The van der Waals surface area contributed by atoms with Gasteiger partial charge in [-0.25, -0.2) is 19.3 Å². The lowest BCUT2D eigenvalue weighted by Gasteiger charge is -2.10. The average molecular weight is 442 g/mol. The summed E-state index contributed by atoms with van der Waals surface area (Å²) >= 11 is 12.1. The number of pyridine rings is 1. The lowest BCUT2D eigenvalue weighted by Crippen LogP contribution is -2.17. The second-order valence-electron chi connectivity index (χ2n) is 6.60. The van der Waals surface area contributed by atoms with Gasteiger partial charge in [-0.3, -0.25) is 4.79 Å². The lowest BCUT2D eigenvalue weighted by molar-refractivity contribution is -0.115. The van der Waals surface area contributed by atoms with E-state index in [9.17, 15) is 4.79 Å². The van der Waals surface area contributed by atoms with Gasteiger partial charge >= 0.3 is 0 Å². The zero-order valence-electron chi connectivity index (χ0n) is 16.2. The fraction of sp³-hybridized carbons (Fsp3) is 0.150. The lowest BCUT2D eigenvalue weighted by atomic mass is 10.1. The van der Waals surface area contributed by atoms with Gasteiger partial charge in [-0.05, 0) is 44.2 Å². The van der Waals surface area contributed by atoms with Crippen molar-refractivity contribution in [1.82, 2.24) is 29.5 Å². The van der Waals surface area contributed by atoms with Crippen LogP contribution >= 0.6 is 23.2 Å². The van der Waals surface area contributed by atoms with Crippen molar-refractivity contribution >= 4 is 34.8 Å². The third-order valence-electron chi connectivity index (χ3n) is 4.62. The maximum absolute atomic E-state index is 12.8. The summed E-state index contributed by atoms with van der Waals surface area (Å²) in [5.74, 6) is 0.299. The van der Waals surface area contributed by atoms with E-state index >= 15 is 0 Å². The summed E-state index contributed by atoms with van der Waals surface area (Å²) in [6, 6.07) is 8.80. The molecule has 0 aliphatic heterocycles. The van der Waals surface area contributed by atoms with Crippen molar-refractivity contribution in [2.45, 2.75) is 20.3 Å². The molecule has 0 unspecified atom stereocenters. The van der Waals surface area contributed by atoms with Gasteiger partial charge in [0.05, 0.1) is 33.5 Å². The maximum Gasteiger partial charge on any atom is 0.229 e. The third kappa shape index (κ3) is 3.92. The van der Waals surface area contributed by atoms with E-state index in [1.807, 2.05) is 19.9 Å². The molecule has 0 aliphatic carbocycles. The Bertz CT molecular complexity index is 1220. The molecular formula is C20H17Cl2N7O. The number of aromatic nitrogens is 6. The van der Waals surface area contributed by atoms with Crippen LogP contribution in [0.15, 0.2) is 49.2 Å². The van der Waals surface area contributed by atoms with Gasteiger partial charge in [0.2, 0.25) is 5.91 Å². The Morgan fingerprint density at radius 3 is 2.73 bits per heavy atom. The molecule has 0 radical (unpaired) electrons. The number of rotatable bonds is 5. The van der Waals surface area contributed by atoms with Gasteiger partial charge in [0, 0.05) is 17.5 Å². The number of nitrogens with one attached hydrogen (secondary N) is 1. The number of nitrogens with zero attached hydrogens (tertiary/aromatic N) is 6. The summed E-state index contributed by atoms with van der Waals surface area (Å²) in [6.07, 6.45) is 4.71. The molecule has 4 aromatic rings. The van der Waals surface area contributed by atoms with Gasteiger partial charge in [0.25, 0.3) is 0 Å². The highest BCUT2D eigenvalue weighted by Crippen LogP contribution is 2.26. The molecule has 1 N–H and O–H groups in total. The van der Waals surface area contributed by atoms with Gasteiger partial charge in [-0.1, -0.05) is 23.2 Å². The zero-order valence-corrected chi connectivity index (χ0v) is 17.7. The summed E-state index contributed by atoms with van der Waals surface area (Å²) in [4.78, 5) is 21.0. The van der Waals surface area contributed by atoms with Crippen LogP contribution in [0.4, 0.5) is 5.69 Å². The second kappa shape index (κ2) is 8.25. The zero-order chi connectivity index (χ0) is 21.3. The van der Waals surface area contributed by atoms with Crippen molar-refractivity contribution in [3.05, 3.63) is 76.2 Å². The highest BCUT2D eigenvalue weighted by Gasteiger charge is 2.18. The fourth-order valence-electron chi connectivity index (χ4n) is 3.15. The summed E-state index contributed by atoms with van der Waals surface area (Å²) in [5.41, 5.74) is 3.77. The summed E-state index contributed by atoms with van der Waals surface area (Å²) < 4.78 is 3.25. The molecule has 3 heterocycles. The Balaban J connectivity index is 1.58. The highest BCUT2D eigenvalue weighted by molar-refractivity contribution is 6.42. The van der Waals surface area contributed by atoms with Crippen molar-refractivity contribution in [1.29, 1.82) is 0 Å². The molecule has 0 bridgehead atoms. The molecule has 30 heavy (non-hydrogen) atoms. The van der Waals surface area contributed by atoms with E-state index in [0.717, 1.165) is 22.6 Å². The summed E-state index contributed by atoms with van der Waals surface area (Å²) in [5, 5.41) is 12.5. The van der Waals surface area contributed by atoms with E-state index in [-0.39, 0.29) is 12.3 Å². The SMILES string of the molecule is Cc1nn(-c2ccc(Cl)c(Cl)c2)c(C)c1CC(=O)Nc1cccnc1-n1cncn1. The monoisotopic (exact) mass is 441 g/mol. The molecule has 0 spiro atoms. The Morgan fingerprint density at radius 2 is 2.00 bits per heavy atom. The standard InChI is InChI=1S/C20H17Cl2N7O/c1-12-15(13(2)29(27-12)14-5-6-16(21)17(22)8-14)9-19(30)26-18-4-3-7-24-20(18)28-11-23-10-25-28/h3-8,10-11H,9H2,1-2H3,(H,26,30). The van der Waals surface area contributed by atoms with Crippen molar-refractivity contribution in [3.8, 4) is 11.5 Å². The summed E-state index contributed by atoms with van der Waals surface area (Å²) in [6.45, 7) is 3.78. The molecule has 8 nitrogen and oxygen atoms in total. The molecule has 0 atom stereocenters. The minimum absolute atomic E-state index is 0.157. The van der Waals surface area contributed by atoms with E-state index in [4.69, 9.17) is 23.2 Å². The van der Waals surface area contributed by atoms with E-state index in [2.05, 4.69) is 25.5 Å². The first-order valence-electron chi connectivity index (χ1n) is 9.04. The first-order chi connectivity index (χ1) is 14.4. The molecule has 1 amide bonds. The normalized spacial score (nSPS) is 10.9. The predicted octanol–water partition coefficient (Wildman–Crippen LogP) is 3.95. The van der Waals surface area contributed by atoms with E-state index in [1.54, 1.807) is 35.1 Å². The van der Waals surface area contributed by atoms with Crippen LogP contribution in [0, 0.1) is 13.8 Å². The van der Waals surface area contributed by atoms with Crippen LogP contribution < -0.4 is 5.32 Å². The largest absolute Gasteiger partial charge is 0.323 e. The van der Waals surface area contributed by atoms with Crippen molar-refractivity contribution in [3.63, 3.8) is 0 Å². The molecule has 152 valence electrons. The molecule has 0 aliphatic rings. The van der Waals surface area contributed by atoms with Crippen LogP contribution in [0.25, 0.3) is 11.5 Å². The summed E-state index contributed by atoms with van der Waals surface area (Å²) in [7, 11) is 0. The van der Waals surface area contributed by atoms with Crippen LogP contribution in [0.5, 0.6) is 0 Å². The molecular weight excluding hydrogens is 425 g/mol. The molecule has 0 fully saturated rings. The van der Waals surface area contributed by atoms with Crippen LogP contribution in [0.3, 0.4) is 0 Å². The third-order valence-corrected chi connectivity index (χ3v) is 5.36. The number of benzene rings is 1. The van der Waals surface area contributed by atoms with Gasteiger partial charge in [0.1, 0.15) is 12.7 Å². The van der Waals surface area contributed by atoms with Crippen LogP contribution in [-0.4, -0.2) is 35.4 Å². The Hall–Kier alpha value is -3.23.